The number of rotatable bonds is 5. The summed E-state index contributed by atoms with van der Waals surface area (Å²) in [6.45, 7) is 3.39. The van der Waals surface area contributed by atoms with Gasteiger partial charge in [0.15, 0.2) is 10.9 Å². The van der Waals surface area contributed by atoms with Crippen LogP contribution in [0.1, 0.15) is 28.7 Å². The molecule has 1 aliphatic rings. The van der Waals surface area contributed by atoms with Gasteiger partial charge >= 0.3 is 0 Å². The zero-order valence-corrected chi connectivity index (χ0v) is 16.6. The average molecular weight is 408 g/mol. The van der Waals surface area contributed by atoms with E-state index in [1.807, 2.05) is 0 Å². The summed E-state index contributed by atoms with van der Waals surface area (Å²) < 4.78 is 5.30. The fourth-order valence-electron chi connectivity index (χ4n) is 2.97. The van der Waals surface area contributed by atoms with Gasteiger partial charge in [0, 0.05) is 24.9 Å². The summed E-state index contributed by atoms with van der Waals surface area (Å²) in [6.07, 6.45) is 0.0748. The Morgan fingerprint density at radius 2 is 2.15 bits per heavy atom. The standard InChI is InChI=1S/C18H18ClN3O4S/c1-9-16(10(2)23)27-18(20-9)21-17(25)11-6-15(24)22(8-11)13-7-12(19)4-5-14(13)26-3/h4-5,7,11H,6,8H2,1-3H3,(H,20,21,25)/t11-/m1/s1. The van der Waals surface area contributed by atoms with Crippen LogP contribution in [0.4, 0.5) is 10.8 Å². The van der Waals surface area contributed by atoms with E-state index in [-0.39, 0.29) is 30.6 Å². The lowest BCUT2D eigenvalue weighted by atomic mass is 10.1. The number of nitrogens with zero attached hydrogens (tertiary/aromatic N) is 2. The second-order valence-corrected chi connectivity index (χ2v) is 7.64. The Morgan fingerprint density at radius 1 is 1.41 bits per heavy atom. The fourth-order valence-corrected chi connectivity index (χ4v) is 4.01. The van der Waals surface area contributed by atoms with Crippen molar-refractivity contribution < 1.29 is 19.1 Å². The van der Waals surface area contributed by atoms with E-state index < -0.39 is 5.92 Å². The highest BCUT2D eigenvalue weighted by Gasteiger charge is 2.36. The molecule has 142 valence electrons. The molecule has 1 atom stereocenters. The van der Waals surface area contributed by atoms with Crippen molar-refractivity contribution in [1.29, 1.82) is 0 Å². The van der Waals surface area contributed by atoms with Crippen LogP contribution in [0.2, 0.25) is 5.02 Å². The van der Waals surface area contributed by atoms with Crippen molar-refractivity contribution in [2.75, 3.05) is 23.9 Å². The van der Waals surface area contributed by atoms with Gasteiger partial charge in [0.05, 0.1) is 29.3 Å². The van der Waals surface area contributed by atoms with Crippen molar-refractivity contribution >= 4 is 51.4 Å². The van der Waals surface area contributed by atoms with Crippen molar-refractivity contribution in [2.45, 2.75) is 20.3 Å². The number of methoxy groups -OCH3 is 1. The molecule has 1 saturated heterocycles. The Kier molecular flexibility index (Phi) is 5.48. The molecule has 1 fully saturated rings. The second kappa shape index (κ2) is 7.66. The lowest BCUT2D eigenvalue weighted by molar-refractivity contribution is -0.122. The number of amides is 2. The highest BCUT2D eigenvalue weighted by Crippen LogP contribution is 2.35. The van der Waals surface area contributed by atoms with E-state index in [0.717, 1.165) is 11.3 Å². The fraction of sp³-hybridized carbons (Fsp3) is 0.333. The average Bonchev–Trinajstić information content (AvgIpc) is 3.17. The van der Waals surface area contributed by atoms with Crippen LogP contribution in [-0.2, 0) is 9.59 Å². The van der Waals surface area contributed by atoms with Gasteiger partial charge in [-0.05, 0) is 25.1 Å². The van der Waals surface area contributed by atoms with Gasteiger partial charge < -0.3 is 15.0 Å². The molecule has 2 heterocycles. The lowest BCUT2D eigenvalue weighted by Gasteiger charge is -2.19. The van der Waals surface area contributed by atoms with Gasteiger partial charge in [0.25, 0.3) is 0 Å². The summed E-state index contributed by atoms with van der Waals surface area (Å²) in [5.41, 5.74) is 1.12. The van der Waals surface area contributed by atoms with E-state index in [2.05, 4.69) is 10.3 Å². The third kappa shape index (κ3) is 3.96. The quantitative estimate of drug-likeness (QED) is 0.768. The number of carbonyl (C=O) groups is 3. The summed E-state index contributed by atoms with van der Waals surface area (Å²) in [4.78, 5) is 42.8. The molecule has 0 spiro atoms. The minimum Gasteiger partial charge on any atom is -0.495 e. The van der Waals surface area contributed by atoms with Gasteiger partial charge in [0.1, 0.15) is 5.75 Å². The van der Waals surface area contributed by atoms with E-state index in [0.29, 0.717) is 32.2 Å². The first kappa shape index (κ1) is 19.3. The van der Waals surface area contributed by atoms with Crippen LogP contribution < -0.4 is 15.0 Å². The molecule has 1 aromatic carbocycles. The Bertz CT molecular complexity index is 927. The topological polar surface area (TPSA) is 88.6 Å². The lowest BCUT2D eigenvalue weighted by Crippen LogP contribution is -2.28. The summed E-state index contributed by atoms with van der Waals surface area (Å²) in [5, 5.41) is 3.54. The minimum atomic E-state index is -0.536. The largest absolute Gasteiger partial charge is 0.495 e. The predicted molar refractivity (Wildman–Crippen MR) is 104 cm³/mol. The number of halogens is 1. The SMILES string of the molecule is COc1ccc(Cl)cc1N1C[C@H](C(=O)Nc2nc(C)c(C(C)=O)s2)CC1=O. The molecule has 0 unspecified atom stereocenters. The summed E-state index contributed by atoms with van der Waals surface area (Å²) in [6, 6.07) is 4.99. The Balaban J connectivity index is 1.75. The second-order valence-electron chi connectivity index (χ2n) is 6.20. The third-order valence-corrected chi connectivity index (χ3v) is 5.68. The van der Waals surface area contributed by atoms with Crippen LogP contribution in [0.3, 0.4) is 0 Å². The van der Waals surface area contributed by atoms with Gasteiger partial charge in [-0.3, -0.25) is 14.4 Å². The number of aryl methyl sites for hydroxylation is 1. The van der Waals surface area contributed by atoms with Gasteiger partial charge in [-0.1, -0.05) is 22.9 Å². The molecule has 2 amide bonds. The number of aromatic nitrogens is 1. The number of ether oxygens (including phenoxy) is 1. The Labute approximate surface area is 165 Å². The predicted octanol–water partition coefficient (Wildman–Crippen LogP) is 3.31. The summed E-state index contributed by atoms with van der Waals surface area (Å²) in [7, 11) is 1.51. The van der Waals surface area contributed by atoms with Crippen molar-refractivity contribution in [3.8, 4) is 5.75 Å². The van der Waals surface area contributed by atoms with Crippen molar-refractivity contribution in [1.82, 2.24) is 4.98 Å². The molecule has 0 saturated carbocycles. The van der Waals surface area contributed by atoms with Crippen molar-refractivity contribution in [2.24, 2.45) is 5.92 Å². The molecule has 0 radical (unpaired) electrons. The number of thiazole rings is 1. The van der Waals surface area contributed by atoms with E-state index in [4.69, 9.17) is 16.3 Å². The minimum absolute atomic E-state index is 0.0748. The van der Waals surface area contributed by atoms with Gasteiger partial charge in [-0.25, -0.2) is 4.98 Å². The number of benzene rings is 1. The monoisotopic (exact) mass is 407 g/mol. The smallest absolute Gasteiger partial charge is 0.231 e. The van der Waals surface area contributed by atoms with Crippen LogP contribution >= 0.6 is 22.9 Å². The maximum absolute atomic E-state index is 12.6. The zero-order valence-electron chi connectivity index (χ0n) is 15.0. The Hall–Kier alpha value is -2.45. The number of carbonyl (C=O) groups excluding carboxylic acids is 3. The highest BCUT2D eigenvalue weighted by atomic mass is 35.5. The van der Waals surface area contributed by atoms with Crippen LogP contribution in [0.15, 0.2) is 18.2 Å². The normalized spacial score (nSPS) is 16.5. The number of hydrogen-bond donors (Lipinski definition) is 1. The van der Waals surface area contributed by atoms with Gasteiger partial charge in [0.2, 0.25) is 11.8 Å². The zero-order chi connectivity index (χ0) is 19.7. The number of nitrogens with one attached hydrogen (secondary N) is 1. The van der Waals surface area contributed by atoms with Crippen LogP contribution in [0.25, 0.3) is 0 Å². The third-order valence-electron chi connectivity index (χ3n) is 4.27. The van der Waals surface area contributed by atoms with Crippen molar-refractivity contribution in [3.63, 3.8) is 0 Å². The number of ketones is 1. The van der Waals surface area contributed by atoms with Crippen LogP contribution in [0.5, 0.6) is 5.75 Å². The molecular formula is C18H18ClN3O4S. The number of Topliss-reactive ketones (excluding diaryl/α,β-unsaturated/α-hetero) is 1. The molecule has 9 heteroatoms. The van der Waals surface area contributed by atoms with E-state index in [1.54, 1.807) is 25.1 Å². The molecule has 1 aliphatic heterocycles. The van der Waals surface area contributed by atoms with E-state index in [1.165, 1.54) is 18.9 Å². The maximum Gasteiger partial charge on any atom is 0.231 e. The maximum atomic E-state index is 12.6. The molecule has 0 aliphatic carbocycles. The molecule has 1 aromatic heterocycles. The van der Waals surface area contributed by atoms with Gasteiger partial charge in [-0.15, -0.1) is 0 Å². The molecule has 27 heavy (non-hydrogen) atoms. The highest BCUT2D eigenvalue weighted by molar-refractivity contribution is 7.17. The van der Waals surface area contributed by atoms with Crippen LogP contribution in [-0.4, -0.2) is 36.2 Å². The molecule has 7 nitrogen and oxygen atoms in total. The van der Waals surface area contributed by atoms with E-state index in [9.17, 15) is 14.4 Å². The first-order valence-corrected chi connectivity index (χ1v) is 9.42. The molecule has 1 N–H and O–H groups in total. The van der Waals surface area contributed by atoms with Gasteiger partial charge in [-0.2, -0.15) is 0 Å². The summed E-state index contributed by atoms with van der Waals surface area (Å²) in [5.74, 6) is -0.617. The van der Waals surface area contributed by atoms with Crippen molar-refractivity contribution in [3.05, 3.63) is 33.8 Å². The molecule has 2 aromatic rings. The first-order valence-electron chi connectivity index (χ1n) is 8.23. The van der Waals surface area contributed by atoms with E-state index >= 15 is 0 Å². The Morgan fingerprint density at radius 3 is 2.78 bits per heavy atom. The van der Waals surface area contributed by atoms with Crippen LogP contribution in [0, 0.1) is 12.8 Å². The summed E-state index contributed by atoms with van der Waals surface area (Å²) >= 11 is 7.17. The number of anilines is 2. The molecule has 3 rings (SSSR count). The first-order chi connectivity index (χ1) is 12.8. The number of hydrogen-bond acceptors (Lipinski definition) is 6. The molecule has 0 bridgehead atoms. The molecular weight excluding hydrogens is 390 g/mol.